The highest BCUT2D eigenvalue weighted by Crippen LogP contribution is 2.20. The fourth-order valence-corrected chi connectivity index (χ4v) is 4.21. The zero-order valence-electron chi connectivity index (χ0n) is 14.8. The molecule has 142 valence electrons. The van der Waals surface area contributed by atoms with Crippen LogP contribution in [0.1, 0.15) is 44.9 Å². The molecule has 3 heterocycles. The van der Waals surface area contributed by atoms with E-state index in [0.29, 0.717) is 18.5 Å². The van der Waals surface area contributed by atoms with Crippen LogP contribution in [0.2, 0.25) is 0 Å². The number of carbonyl (C=O) groups is 1. The molecule has 3 rings (SSSR count). The van der Waals surface area contributed by atoms with Gasteiger partial charge in [-0.2, -0.15) is 0 Å². The predicted octanol–water partition coefficient (Wildman–Crippen LogP) is 1.65. The number of hydrogen-bond acceptors (Lipinski definition) is 4. The van der Waals surface area contributed by atoms with Crippen LogP contribution in [0.4, 0.5) is 0 Å². The second-order valence-corrected chi connectivity index (χ2v) is 7.41. The van der Waals surface area contributed by atoms with Crippen molar-refractivity contribution in [1.82, 2.24) is 20.4 Å². The summed E-state index contributed by atoms with van der Waals surface area (Å²) in [6.45, 7) is 5.85. The summed E-state index contributed by atoms with van der Waals surface area (Å²) in [5.41, 5.74) is 0. The quantitative estimate of drug-likeness (QED) is 0.778. The van der Waals surface area contributed by atoms with Crippen molar-refractivity contribution < 1.29 is 4.79 Å². The van der Waals surface area contributed by atoms with Crippen LogP contribution in [0.3, 0.4) is 0 Å². The highest BCUT2D eigenvalue weighted by Gasteiger charge is 2.28. The first kappa shape index (κ1) is 22.0. The molecular formula is C17H34Cl2N4O. The Bertz CT molecular complexity index is 364. The lowest BCUT2D eigenvalue weighted by molar-refractivity contribution is -0.122. The molecule has 1 unspecified atom stereocenters. The molecule has 24 heavy (non-hydrogen) atoms. The number of nitrogens with zero attached hydrogens (tertiary/aromatic N) is 2. The van der Waals surface area contributed by atoms with Crippen molar-refractivity contribution >= 4 is 30.7 Å². The molecule has 0 aromatic heterocycles. The Kier molecular flexibility index (Phi) is 9.90. The monoisotopic (exact) mass is 380 g/mol. The number of piperidine rings is 2. The molecule has 0 aliphatic carbocycles. The Hall–Kier alpha value is -0.0700. The largest absolute Gasteiger partial charge is 0.353 e. The van der Waals surface area contributed by atoms with E-state index in [1.165, 1.54) is 32.4 Å². The lowest BCUT2D eigenvalue weighted by Crippen LogP contribution is -2.51. The standard InChI is InChI=1S/C17H32N4O.2ClH/c1-20-9-6-16(7-10-20)21-11-4-14(5-12-21)19-17(22)13-15-3-2-8-18-15;;/h14-16,18H,2-13H2,1H3,(H,19,22);2*1H. The molecular weight excluding hydrogens is 347 g/mol. The number of rotatable bonds is 4. The summed E-state index contributed by atoms with van der Waals surface area (Å²) in [6, 6.07) is 1.59. The molecule has 7 heteroatoms. The van der Waals surface area contributed by atoms with Gasteiger partial charge in [-0.05, 0) is 65.2 Å². The molecule has 3 aliphatic rings. The summed E-state index contributed by atoms with van der Waals surface area (Å²) in [6.07, 6.45) is 7.89. The third kappa shape index (κ3) is 6.34. The van der Waals surface area contributed by atoms with Gasteiger partial charge < -0.3 is 20.4 Å². The smallest absolute Gasteiger partial charge is 0.221 e. The minimum atomic E-state index is 0. The van der Waals surface area contributed by atoms with E-state index in [2.05, 4.69) is 27.5 Å². The highest BCUT2D eigenvalue weighted by molar-refractivity contribution is 5.85. The van der Waals surface area contributed by atoms with Crippen LogP contribution in [0, 0.1) is 0 Å². The van der Waals surface area contributed by atoms with E-state index < -0.39 is 0 Å². The summed E-state index contributed by atoms with van der Waals surface area (Å²) in [7, 11) is 2.22. The van der Waals surface area contributed by atoms with Gasteiger partial charge in [0.1, 0.15) is 0 Å². The molecule has 3 aliphatic heterocycles. The Morgan fingerprint density at radius 1 is 1.04 bits per heavy atom. The Morgan fingerprint density at radius 2 is 1.71 bits per heavy atom. The fourth-order valence-electron chi connectivity index (χ4n) is 4.21. The van der Waals surface area contributed by atoms with Crippen molar-refractivity contribution in [1.29, 1.82) is 0 Å². The van der Waals surface area contributed by atoms with E-state index in [-0.39, 0.29) is 30.7 Å². The maximum absolute atomic E-state index is 12.1. The number of likely N-dealkylation sites (tertiary alicyclic amines) is 2. The first-order chi connectivity index (χ1) is 10.7. The predicted molar refractivity (Wildman–Crippen MR) is 103 cm³/mol. The number of hydrogen-bond donors (Lipinski definition) is 2. The zero-order chi connectivity index (χ0) is 15.4. The zero-order valence-corrected chi connectivity index (χ0v) is 16.5. The van der Waals surface area contributed by atoms with Crippen molar-refractivity contribution in [2.45, 2.75) is 63.1 Å². The fraction of sp³-hybridized carbons (Fsp3) is 0.941. The van der Waals surface area contributed by atoms with Gasteiger partial charge in [0.05, 0.1) is 0 Å². The van der Waals surface area contributed by atoms with Crippen molar-refractivity contribution in [3.63, 3.8) is 0 Å². The summed E-state index contributed by atoms with van der Waals surface area (Å²) in [4.78, 5) is 17.2. The molecule has 3 fully saturated rings. The van der Waals surface area contributed by atoms with Gasteiger partial charge in [-0.1, -0.05) is 0 Å². The van der Waals surface area contributed by atoms with Crippen LogP contribution in [0.15, 0.2) is 0 Å². The molecule has 3 saturated heterocycles. The van der Waals surface area contributed by atoms with E-state index >= 15 is 0 Å². The van der Waals surface area contributed by atoms with Gasteiger partial charge in [0.2, 0.25) is 5.91 Å². The molecule has 0 saturated carbocycles. The van der Waals surface area contributed by atoms with Gasteiger partial charge in [-0.3, -0.25) is 4.79 Å². The van der Waals surface area contributed by atoms with Gasteiger partial charge in [-0.15, -0.1) is 24.8 Å². The molecule has 1 amide bonds. The minimum Gasteiger partial charge on any atom is -0.353 e. The Morgan fingerprint density at radius 3 is 2.29 bits per heavy atom. The average Bonchev–Trinajstić information content (AvgIpc) is 3.02. The Balaban J connectivity index is 0.00000144. The summed E-state index contributed by atoms with van der Waals surface area (Å²) in [5.74, 6) is 0.247. The molecule has 1 atom stereocenters. The number of carbonyl (C=O) groups excluding carboxylic acids is 1. The van der Waals surface area contributed by atoms with Gasteiger partial charge >= 0.3 is 0 Å². The number of amides is 1. The number of nitrogens with one attached hydrogen (secondary N) is 2. The van der Waals surface area contributed by atoms with E-state index in [0.717, 1.165) is 44.9 Å². The van der Waals surface area contributed by atoms with Crippen LogP contribution in [0.5, 0.6) is 0 Å². The minimum absolute atomic E-state index is 0. The van der Waals surface area contributed by atoms with Crippen molar-refractivity contribution in [2.24, 2.45) is 0 Å². The van der Waals surface area contributed by atoms with Crippen LogP contribution in [0.25, 0.3) is 0 Å². The summed E-state index contributed by atoms with van der Waals surface area (Å²) < 4.78 is 0. The van der Waals surface area contributed by atoms with E-state index in [9.17, 15) is 4.79 Å². The first-order valence-electron chi connectivity index (χ1n) is 9.16. The maximum atomic E-state index is 12.1. The van der Waals surface area contributed by atoms with E-state index in [4.69, 9.17) is 0 Å². The molecule has 2 N–H and O–H groups in total. The normalized spacial score (nSPS) is 27.3. The van der Waals surface area contributed by atoms with E-state index in [1.54, 1.807) is 0 Å². The average molecular weight is 381 g/mol. The Labute approximate surface area is 159 Å². The van der Waals surface area contributed by atoms with Crippen molar-refractivity contribution in [3.05, 3.63) is 0 Å². The third-order valence-electron chi connectivity index (χ3n) is 5.69. The third-order valence-corrected chi connectivity index (χ3v) is 5.69. The van der Waals surface area contributed by atoms with Gasteiger partial charge in [0, 0.05) is 37.6 Å². The van der Waals surface area contributed by atoms with E-state index in [1.807, 2.05) is 0 Å². The molecule has 5 nitrogen and oxygen atoms in total. The second-order valence-electron chi connectivity index (χ2n) is 7.41. The van der Waals surface area contributed by atoms with Gasteiger partial charge in [0.25, 0.3) is 0 Å². The lowest BCUT2D eigenvalue weighted by atomic mass is 9.98. The molecule has 0 spiro atoms. The van der Waals surface area contributed by atoms with Crippen LogP contribution < -0.4 is 10.6 Å². The first-order valence-corrected chi connectivity index (χ1v) is 9.16. The SMILES string of the molecule is CN1CCC(N2CCC(NC(=O)CC3CCCN3)CC2)CC1.Cl.Cl. The number of halogens is 2. The molecule has 0 aromatic rings. The maximum Gasteiger partial charge on any atom is 0.221 e. The second kappa shape index (κ2) is 10.8. The van der Waals surface area contributed by atoms with Crippen molar-refractivity contribution in [2.75, 3.05) is 39.8 Å². The summed E-state index contributed by atoms with van der Waals surface area (Å²) >= 11 is 0. The molecule has 0 aromatic carbocycles. The van der Waals surface area contributed by atoms with Crippen molar-refractivity contribution in [3.8, 4) is 0 Å². The van der Waals surface area contributed by atoms with Crippen LogP contribution in [-0.2, 0) is 4.79 Å². The summed E-state index contributed by atoms with van der Waals surface area (Å²) in [5, 5.41) is 6.67. The lowest BCUT2D eigenvalue weighted by Gasteiger charge is -2.41. The van der Waals surface area contributed by atoms with Crippen LogP contribution in [-0.4, -0.2) is 73.6 Å². The molecule has 0 radical (unpaired) electrons. The topological polar surface area (TPSA) is 47.6 Å². The van der Waals surface area contributed by atoms with Gasteiger partial charge in [-0.25, -0.2) is 0 Å². The van der Waals surface area contributed by atoms with Crippen LogP contribution >= 0.6 is 24.8 Å². The van der Waals surface area contributed by atoms with Gasteiger partial charge in [0.15, 0.2) is 0 Å². The highest BCUT2D eigenvalue weighted by atomic mass is 35.5. The molecule has 0 bridgehead atoms.